The molecule has 0 saturated heterocycles. The summed E-state index contributed by atoms with van der Waals surface area (Å²) in [6, 6.07) is 9.25. The Bertz CT molecular complexity index is 818. The summed E-state index contributed by atoms with van der Waals surface area (Å²) >= 11 is 0. The third-order valence-electron chi connectivity index (χ3n) is 2.96. The zero-order chi connectivity index (χ0) is 16.9. The fourth-order valence-corrected chi connectivity index (χ4v) is 2.64. The van der Waals surface area contributed by atoms with Crippen molar-refractivity contribution in [1.82, 2.24) is 14.7 Å². The van der Waals surface area contributed by atoms with Gasteiger partial charge >= 0.3 is 0 Å². The lowest BCUT2D eigenvalue weighted by atomic mass is 10.2. The van der Waals surface area contributed by atoms with Gasteiger partial charge in [0.05, 0.1) is 11.1 Å². The Morgan fingerprint density at radius 2 is 1.91 bits per heavy atom. The zero-order valence-corrected chi connectivity index (χ0v) is 13.5. The summed E-state index contributed by atoms with van der Waals surface area (Å²) in [5.41, 5.74) is 3.35. The van der Waals surface area contributed by atoms with Gasteiger partial charge in [0.15, 0.2) is 0 Å². The second-order valence-corrected chi connectivity index (χ2v) is 6.95. The van der Waals surface area contributed by atoms with Gasteiger partial charge in [0.2, 0.25) is 10.0 Å². The summed E-state index contributed by atoms with van der Waals surface area (Å²) in [7, 11) is -0.725. The normalized spacial score (nSPS) is 11.8. The standard InChI is InChI=1S/C15H16N4O3S/c1-19(2)23(21,22)14-5-3-4-13(10-14)15(20)18-17-11-12-6-8-16-9-7-12/h3-11H,1-2H3,(H,18,20)/b17-11-. The number of benzene rings is 1. The van der Waals surface area contributed by atoms with Crippen LogP contribution in [0, 0.1) is 0 Å². The molecule has 2 aromatic rings. The van der Waals surface area contributed by atoms with Crippen LogP contribution in [0.4, 0.5) is 0 Å². The molecule has 0 aliphatic heterocycles. The van der Waals surface area contributed by atoms with Crippen LogP contribution in [-0.4, -0.2) is 43.9 Å². The van der Waals surface area contributed by atoms with Crippen LogP contribution in [0.25, 0.3) is 0 Å². The van der Waals surface area contributed by atoms with Crippen molar-refractivity contribution < 1.29 is 13.2 Å². The van der Waals surface area contributed by atoms with E-state index in [2.05, 4.69) is 15.5 Å². The number of pyridine rings is 1. The highest BCUT2D eigenvalue weighted by molar-refractivity contribution is 7.89. The van der Waals surface area contributed by atoms with Gasteiger partial charge in [-0.1, -0.05) is 6.07 Å². The Hall–Kier alpha value is -2.58. The van der Waals surface area contributed by atoms with E-state index in [9.17, 15) is 13.2 Å². The number of nitrogens with zero attached hydrogens (tertiary/aromatic N) is 3. The fraction of sp³-hybridized carbons (Fsp3) is 0.133. The van der Waals surface area contributed by atoms with Gasteiger partial charge < -0.3 is 0 Å². The minimum atomic E-state index is -3.59. The van der Waals surface area contributed by atoms with Crippen LogP contribution < -0.4 is 5.43 Å². The van der Waals surface area contributed by atoms with E-state index in [1.165, 1.54) is 44.6 Å². The lowest BCUT2D eigenvalue weighted by Crippen LogP contribution is -2.23. The summed E-state index contributed by atoms with van der Waals surface area (Å²) in [6.45, 7) is 0. The second-order valence-electron chi connectivity index (χ2n) is 4.79. The van der Waals surface area contributed by atoms with E-state index in [-0.39, 0.29) is 10.5 Å². The third kappa shape index (κ3) is 4.21. The molecule has 0 aliphatic carbocycles. The Kier molecular flexibility index (Phi) is 5.20. The maximum Gasteiger partial charge on any atom is 0.271 e. The van der Waals surface area contributed by atoms with Gasteiger partial charge in [-0.3, -0.25) is 9.78 Å². The monoisotopic (exact) mass is 332 g/mol. The van der Waals surface area contributed by atoms with Crippen molar-refractivity contribution in [3.63, 3.8) is 0 Å². The molecule has 1 N–H and O–H groups in total. The summed E-state index contributed by atoms with van der Waals surface area (Å²) in [5, 5.41) is 3.83. The number of amides is 1. The Morgan fingerprint density at radius 1 is 1.22 bits per heavy atom. The number of carbonyl (C=O) groups excluding carboxylic acids is 1. The molecule has 0 aliphatic rings. The number of hydrogen-bond donors (Lipinski definition) is 1. The van der Waals surface area contributed by atoms with Crippen LogP contribution in [0.5, 0.6) is 0 Å². The molecule has 1 aromatic heterocycles. The minimum Gasteiger partial charge on any atom is -0.267 e. The zero-order valence-electron chi connectivity index (χ0n) is 12.7. The SMILES string of the molecule is CN(C)S(=O)(=O)c1cccc(C(=O)N/N=C\c2ccncc2)c1. The van der Waals surface area contributed by atoms with Crippen molar-refractivity contribution in [2.24, 2.45) is 5.10 Å². The molecule has 120 valence electrons. The highest BCUT2D eigenvalue weighted by atomic mass is 32.2. The summed E-state index contributed by atoms with van der Waals surface area (Å²) in [6.07, 6.45) is 4.69. The van der Waals surface area contributed by atoms with E-state index >= 15 is 0 Å². The van der Waals surface area contributed by atoms with Crippen molar-refractivity contribution in [1.29, 1.82) is 0 Å². The van der Waals surface area contributed by atoms with E-state index in [0.29, 0.717) is 0 Å². The first-order chi connectivity index (χ1) is 10.9. The Labute approximate surface area is 134 Å². The lowest BCUT2D eigenvalue weighted by Gasteiger charge is -2.11. The third-order valence-corrected chi connectivity index (χ3v) is 4.77. The summed E-state index contributed by atoms with van der Waals surface area (Å²) < 4.78 is 25.2. The first kappa shape index (κ1) is 16.8. The Balaban J connectivity index is 2.13. The molecule has 1 heterocycles. The number of rotatable bonds is 5. The molecule has 7 nitrogen and oxygen atoms in total. The largest absolute Gasteiger partial charge is 0.271 e. The lowest BCUT2D eigenvalue weighted by molar-refractivity contribution is 0.0955. The smallest absolute Gasteiger partial charge is 0.267 e. The van der Waals surface area contributed by atoms with E-state index in [4.69, 9.17) is 0 Å². The fourth-order valence-electron chi connectivity index (χ4n) is 1.69. The maximum atomic E-state index is 12.1. The second kappa shape index (κ2) is 7.12. The van der Waals surface area contributed by atoms with Gasteiger partial charge in [0.25, 0.3) is 5.91 Å². The van der Waals surface area contributed by atoms with Gasteiger partial charge in [0, 0.05) is 32.1 Å². The highest BCUT2D eigenvalue weighted by Crippen LogP contribution is 2.14. The first-order valence-corrected chi connectivity index (χ1v) is 8.11. The highest BCUT2D eigenvalue weighted by Gasteiger charge is 2.18. The molecular formula is C15H16N4O3S. The minimum absolute atomic E-state index is 0.0493. The van der Waals surface area contributed by atoms with Crippen LogP contribution in [0.15, 0.2) is 58.8 Å². The number of hydrazone groups is 1. The molecule has 1 amide bonds. The van der Waals surface area contributed by atoms with Crippen LogP contribution in [-0.2, 0) is 10.0 Å². The predicted octanol–water partition coefficient (Wildman–Crippen LogP) is 1.10. The molecule has 2 rings (SSSR count). The van der Waals surface area contributed by atoms with Crippen LogP contribution in [0.1, 0.15) is 15.9 Å². The molecule has 0 unspecified atom stereocenters. The van der Waals surface area contributed by atoms with Gasteiger partial charge in [0.1, 0.15) is 0 Å². The van der Waals surface area contributed by atoms with Crippen molar-refractivity contribution in [2.45, 2.75) is 4.90 Å². The van der Waals surface area contributed by atoms with Crippen molar-refractivity contribution >= 4 is 22.1 Å². The van der Waals surface area contributed by atoms with E-state index in [1.807, 2.05) is 0 Å². The van der Waals surface area contributed by atoms with Crippen molar-refractivity contribution in [3.05, 3.63) is 59.9 Å². The number of carbonyl (C=O) groups is 1. The van der Waals surface area contributed by atoms with Gasteiger partial charge in [-0.05, 0) is 35.9 Å². The molecule has 0 fully saturated rings. The predicted molar refractivity (Wildman–Crippen MR) is 86.6 cm³/mol. The number of aromatic nitrogens is 1. The van der Waals surface area contributed by atoms with E-state index in [1.54, 1.807) is 24.5 Å². The summed E-state index contributed by atoms with van der Waals surface area (Å²) in [5.74, 6) is -0.494. The van der Waals surface area contributed by atoms with Crippen LogP contribution in [0.2, 0.25) is 0 Å². The van der Waals surface area contributed by atoms with Crippen LogP contribution >= 0.6 is 0 Å². The molecule has 23 heavy (non-hydrogen) atoms. The average Bonchev–Trinajstić information content (AvgIpc) is 2.55. The molecule has 0 atom stereocenters. The number of hydrogen-bond acceptors (Lipinski definition) is 5. The quantitative estimate of drug-likeness (QED) is 0.655. The first-order valence-electron chi connectivity index (χ1n) is 6.67. The van der Waals surface area contributed by atoms with E-state index in [0.717, 1.165) is 9.87 Å². The number of sulfonamides is 1. The van der Waals surface area contributed by atoms with Crippen LogP contribution in [0.3, 0.4) is 0 Å². The van der Waals surface area contributed by atoms with Gasteiger partial charge in [-0.15, -0.1) is 0 Å². The van der Waals surface area contributed by atoms with Crippen molar-refractivity contribution in [3.8, 4) is 0 Å². The maximum absolute atomic E-state index is 12.1. The molecule has 0 bridgehead atoms. The van der Waals surface area contributed by atoms with Gasteiger partial charge in [-0.2, -0.15) is 5.10 Å². The van der Waals surface area contributed by atoms with Gasteiger partial charge in [-0.25, -0.2) is 18.1 Å². The number of nitrogens with one attached hydrogen (secondary N) is 1. The van der Waals surface area contributed by atoms with E-state index < -0.39 is 15.9 Å². The summed E-state index contributed by atoms with van der Waals surface area (Å²) in [4.78, 5) is 16.0. The molecule has 0 radical (unpaired) electrons. The molecular weight excluding hydrogens is 316 g/mol. The molecule has 8 heteroatoms. The van der Waals surface area contributed by atoms with Crippen molar-refractivity contribution in [2.75, 3.05) is 14.1 Å². The topological polar surface area (TPSA) is 91.7 Å². The Morgan fingerprint density at radius 3 is 2.57 bits per heavy atom. The molecule has 1 aromatic carbocycles. The average molecular weight is 332 g/mol. The molecule has 0 saturated carbocycles. The molecule has 0 spiro atoms.